The molecule has 4 nitrogen and oxygen atoms in total. The number of amides is 2. The van der Waals surface area contributed by atoms with Gasteiger partial charge in [0, 0.05) is 21.4 Å². The number of rotatable bonds is 4. The SMILES string of the molecule is NC(=O)N(c1nccs1)c1ccccc1Sc1ccc(F)cc1Cl. The first-order chi connectivity index (χ1) is 11.6. The minimum Gasteiger partial charge on any atom is -0.351 e. The summed E-state index contributed by atoms with van der Waals surface area (Å²) in [6.45, 7) is 0. The molecule has 2 aromatic carbocycles. The Morgan fingerprint density at radius 1 is 1.25 bits per heavy atom. The maximum absolute atomic E-state index is 13.2. The van der Waals surface area contributed by atoms with Gasteiger partial charge in [0.1, 0.15) is 5.82 Å². The van der Waals surface area contributed by atoms with Crippen molar-refractivity contribution in [2.45, 2.75) is 9.79 Å². The molecule has 0 atom stereocenters. The number of anilines is 2. The Bertz CT molecular complexity index is 874. The first-order valence-electron chi connectivity index (χ1n) is 6.77. The fourth-order valence-electron chi connectivity index (χ4n) is 2.05. The molecule has 0 bridgehead atoms. The van der Waals surface area contributed by atoms with Crippen LogP contribution in [0.5, 0.6) is 0 Å². The third-order valence-corrected chi connectivity index (χ3v) is 5.37. The van der Waals surface area contributed by atoms with Gasteiger partial charge in [-0.05, 0) is 30.3 Å². The smallest absolute Gasteiger partial charge is 0.325 e. The summed E-state index contributed by atoms with van der Waals surface area (Å²) in [6, 6.07) is 10.8. The van der Waals surface area contributed by atoms with E-state index in [0.29, 0.717) is 20.7 Å². The zero-order valence-corrected chi connectivity index (χ0v) is 14.5. The van der Waals surface area contributed by atoms with Crippen LogP contribution in [0.1, 0.15) is 0 Å². The molecule has 0 spiro atoms. The Morgan fingerprint density at radius 3 is 2.71 bits per heavy atom. The number of para-hydroxylation sites is 1. The van der Waals surface area contributed by atoms with Crippen LogP contribution in [-0.4, -0.2) is 11.0 Å². The van der Waals surface area contributed by atoms with Gasteiger partial charge in [0.05, 0.1) is 10.7 Å². The summed E-state index contributed by atoms with van der Waals surface area (Å²) in [6.07, 6.45) is 1.60. The highest BCUT2D eigenvalue weighted by Crippen LogP contribution is 2.41. The van der Waals surface area contributed by atoms with E-state index in [2.05, 4.69) is 4.98 Å². The Morgan fingerprint density at radius 2 is 2.04 bits per heavy atom. The number of urea groups is 1. The molecule has 0 unspecified atom stereocenters. The zero-order valence-electron chi connectivity index (χ0n) is 12.1. The molecule has 0 aliphatic heterocycles. The van der Waals surface area contributed by atoms with Gasteiger partial charge >= 0.3 is 6.03 Å². The molecule has 122 valence electrons. The second-order valence-electron chi connectivity index (χ2n) is 4.63. The molecule has 2 N–H and O–H groups in total. The van der Waals surface area contributed by atoms with E-state index >= 15 is 0 Å². The number of halogens is 2. The quantitative estimate of drug-likeness (QED) is 0.668. The fraction of sp³-hybridized carbons (Fsp3) is 0. The molecule has 0 radical (unpaired) electrons. The van der Waals surface area contributed by atoms with Crippen molar-refractivity contribution in [3.05, 3.63) is 64.9 Å². The predicted molar refractivity (Wildman–Crippen MR) is 95.8 cm³/mol. The van der Waals surface area contributed by atoms with Gasteiger partial charge < -0.3 is 5.73 Å². The number of nitrogens with two attached hydrogens (primary N) is 1. The number of thiazole rings is 1. The molecular weight excluding hydrogens is 369 g/mol. The van der Waals surface area contributed by atoms with E-state index in [0.717, 1.165) is 4.90 Å². The summed E-state index contributed by atoms with van der Waals surface area (Å²) in [5.74, 6) is -0.404. The average Bonchev–Trinajstić information content (AvgIpc) is 3.05. The number of carbonyl (C=O) groups is 1. The van der Waals surface area contributed by atoms with E-state index in [4.69, 9.17) is 17.3 Å². The first-order valence-corrected chi connectivity index (χ1v) is 8.84. The molecule has 3 aromatic rings. The van der Waals surface area contributed by atoms with Crippen molar-refractivity contribution >= 4 is 51.5 Å². The summed E-state index contributed by atoms with van der Waals surface area (Å²) >= 11 is 8.72. The highest BCUT2D eigenvalue weighted by atomic mass is 35.5. The normalized spacial score (nSPS) is 10.6. The van der Waals surface area contributed by atoms with E-state index in [1.807, 2.05) is 12.1 Å². The summed E-state index contributed by atoms with van der Waals surface area (Å²) in [7, 11) is 0. The minimum absolute atomic E-state index is 0.301. The van der Waals surface area contributed by atoms with E-state index < -0.39 is 11.8 Å². The molecule has 3 rings (SSSR count). The van der Waals surface area contributed by atoms with Crippen molar-refractivity contribution in [2.24, 2.45) is 5.73 Å². The van der Waals surface area contributed by atoms with Crippen molar-refractivity contribution < 1.29 is 9.18 Å². The molecule has 0 saturated heterocycles. The van der Waals surface area contributed by atoms with Crippen molar-refractivity contribution in [2.75, 3.05) is 4.90 Å². The Kier molecular flexibility index (Phi) is 5.03. The molecule has 8 heteroatoms. The number of hydrogen-bond donors (Lipinski definition) is 1. The predicted octanol–water partition coefficient (Wildman–Crippen LogP) is 5.30. The fourth-order valence-corrected chi connectivity index (χ4v) is 3.93. The number of primary amides is 1. The lowest BCUT2D eigenvalue weighted by Crippen LogP contribution is -2.31. The second kappa shape index (κ2) is 7.21. The molecule has 1 aromatic heterocycles. The number of nitrogens with zero attached hydrogens (tertiary/aromatic N) is 2. The Balaban J connectivity index is 2.02. The molecule has 2 amide bonds. The van der Waals surface area contributed by atoms with Crippen LogP contribution in [0, 0.1) is 5.82 Å². The monoisotopic (exact) mass is 379 g/mol. The van der Waals surface area contributed by atoms with Gasteiger partial charge in [-0.15, -0.1) is 11.3 Å². The van der Waals surface area contributed by atoms with E-state index in [9.17, 15) is 9.18 Å². The van der Waals surface area contributed by atoms with Crippen LogP contribution in [-0.2, 0) is 0 Å². The van der Waals surface area contributed by atoms with E-state index in [-0.39, 0.29) is 0 Å². The largest absolute Gasteiger partial charge is 0.351 e. The first kappa shape index (κ1) is 16.8. The summed E-state index contributed by atoms with van der Waals surface area (Å²) in [5, 5.41) is 2.54. The van der Waals surface area contributed by atoms with Crippen LogP contribution in [0.4, 0.5) is 20.0 Å². The molecule has 0 aliphatic carbocycles. The van der Waals surface area contributed by atoms with Gasteiger partial charge in [-0.2, -0.15) is 0 Å². The molecule has 0 fully saturated rings. The van der Waals surface area contributed by atoms with Crippen LogP contribution in [0.15, 0.2) is 63.8 Å². The van der Waals surface area contributed by atoms with Crippen molar-refractivity contribution in [1.29, 1.82) is 0 Å². The highest BCUT2D eigenvalue weighted by Gasteiger charge is 2.21. The van der Waals surface area contributed by atoms with Gasteiger partial charge in [0.2, 0.25) is 0 Å². The van der Waals surface area contributed by atoms with Gasteiger partial charge in [0.25, 0.3) is 0 Å². The summed E-state index contributed by atoms with van der Waals surface area (Å²) in [4.78, 5) is 18.9. The van der Waals surface area contributed by atoms with Crippen LogP contribution in [0.25, 0.3) is 0 Å². The Hall–Kier alpha value is -2.09. The molecule has 0 saturated carbocycles. The highest BCUT2D eigenvalue weighted by molar-refractivity contribution is 7.99. The topological polar surface area (TPSA) is 59.2 Å². The van der Waals surface area contributed by atoms with Gasteiger partial charge in [-0.25, -0.2) is 19.1 Å². The zero-order chi connectivity index (χ0) is 17.1. The molecule has 0 aliphatic rings. The standard InChI is InChI=1S/C16H11ClFN3OS2/c17-11-9-10(18)5-6-13(11)24-14-4-2-1-3-12(14)21(15(19)22)16-20-7-8-23-16/h1-9H,(H2,19,22). The van der Waals surface area contributed by atoms with Gasteiger partial charge in [0.15, 0.2) is 5.13 Å². The van der Waals surface area contributed by atoms with Gasteiger partial charge in [-0.1, -0.05) is 35.5 Å². The number of carbonyl (C=O) groups excluding carboxylic acids is 1. The average molecular weight is 380 g/mol. The second-order valence-corrected chi connectivity index (χ2v) is 7.00. The van der Waals surface area contributed by atoms with Crippen LogP contribution < -0.4 is 10.6 Å². The summed E-state index contributed by atoms with van der Waals surface area (Å²) in [5.41, 5.74) is 6.13. The van der Waals surface area contributed by atoms with Gasteiger partial charge in [-0.3, -0.25) is 0 Å². The lowest BCUT2D eigenvalue weighted by atomic mass is 10.3. The number of hydrogen-bond acceptors (Lipinski definition) is 4. The van der Waals surface area contributed by atoms with Crippen LogP contribution in [0.3, 0.4) is 0 Å². The molecular formula is C16H11ClFN3OS2. The molecule has 1 heterocycles. The lowest BCUT2D eigenvalue weighted by Gasteiger charge is -2.20. The van der Waals surface area contributed by atoms with Crippen molar-refractivity contribution in [3.63, 3.8) is 0 Å². The Labute approximate surface area is 151 Å². The summed E-state index contributed by atoms with van der Waals surface area (Å²) < 4.78 is 13.2. The van der Waals surface area contributed by atoms with Crippen LogP contribution >= 0.6 is 34.7 Å². The lowest BCUT2D eigenvalue weighted by molar-refractivity contribution is 0.256. The number of aromatic nitrogens is 1. The van der Waals surface area contributed by atoms with E-state index in [1.165, 1.54) is 40.1 Å². The number of benzene rings is 2. The maximum Gasteiger partial charge on any atom is 0.325 e. The van der Waals surface area contributed by atoms with Crippen molar-refractivity contribution in [3.8, 4) is 0 Å². The van der Waals surface area contributed by atoms with Crippen molar-refractivity contribution in [1.82, 2.24) is 4.98 Å². The third-order valence-electron chi connectivity index (χ3n) is 3.05. The molecule has 24 heavy (non-hydrogen) atoms. The minimum atomic E-state index is -0.636. The third kappa shape index (κ3) is 3.53. The van der Waals surface area contributed by atoms with E-state index in [1.54, 1.807) is 29.8 Å². The maximum atomic E-state index is 13.2. The van der Waals surface area contributed by atoms with Crippen LogP contribution in [0.2, 0.25) is 5.02 Å².